The van der Waals surface area contributed by atoms with Crippen molar-refractivity contribution in [3.05, 3.63) is 28.2 Å². The van der Waals surface area contributed by atoms with E-state index in [1.54, 1.807) is 6.07 Å². The van der Waals surface area contributed by atoms with Crippen LogP contribution >= 0.6 is 34.8 Å². The Kier molecular flexibility index (Phi) is 3.23. The third kappa shape index (κ3) is 2.01. The Morgan fingerprint density at radius 3 is 2.60 bits per heavy atom. The summed E-state index contributed by atoms with van der Waals surface area (Å²) in [5, 5.41) is 8.30. The lowest BCUT2D eigenvalue weighted by atomic mass is 9.95. The summed E-state index contributed by atoms with van der Waals surface area (Å²) in [6.45, 7) is 0. The van der Waals surface area contributed by atoms with Crippen LogP contribution in [0.15, 0.2) is 28.4 Å². The van der Waals surface area contributed by atoms with Crippen LogP contribution in [0.25, 0.3) is 0 Å². The van der Waals surface area contributed by atoms with Gasteiger partial charge in [0.15, 0.2) is 5.54 Å². The van der Waals surface area contributed by atoms with Crippen molar-refractivity contribution in [2.75, 3.05) is 4.90 Å². The number of anilines is 1. The third-order valence-corrected chi connectivity index (χ3v) is 4.32. The average molecular weight is 333 g/mol. The van der Waals surface area contributed by atoms with Gasteiger partial charge in [-0.1, -0.05) is 34.8 Å². The van der Waals surface area contributed by atoms with Gasteiger partial charge < -0.3 is 0 Å². The molecule has 2 aliphatic heterocycles. The molecule has 2 atom stereocenters. The second-order valence-electron chi connectivity index (χ2n) is 4.70. The first kappa shape index (κ1) is 13.8. The van der Waals surface area contributed by atoms with Gasteiger partial charge in [0, 0.05) is 6.42 Å². The summed E-state index contributed by atoms with van der Waals surface area (Å²) in [6, 6.07) is 4.57. The molecule has 1 spiro atoms. The highest BCUT2D eigenvalue weighted by molar-refractivity contribution is 6.42. The van der Waals surface area contributed by atoms with Crippen molar-refractivity contribution in [3.63, 3.8) is 0 Å². The number of hydrogen-bond donors (Lipinski definition) is 0. The maximum Gasteiger partial charge on any atom is 0.264 e. The molecule has 3 rings (SSSR count). The quantitative estimate of drug-likeness (QED) is 0.449. The first-order chi connectivity index (χ1) is 9.43. The summed E-state index contributed by atoms with van der Waals surface area (Å²) in [5.74, 6) is -0.772. The molecule has 1 saturated heterocycles. The third-order valence-electron chi connectivity index (χ3n) is 3.34. The normalized spacial score (nSPS) is 28.9. The number of azo groups is 1. The molecule has 0 saturated carbocycles. The number of rotatable bonds is 1. The lowest BCUT2D eigenvalue weighted by Gasteiger charge is -2.18. The topological polar surface area (TPSA) is 62.1 Å². The van der Waals surface area contributed by atoms with E-state index in [-0.39, 0.29) is 23.8 Å². The molecule has 5 nitrogen and oxygen atoms in total. The molecule has 0 N–H and O–H groups in total. The van der Waals surface area contributed by atoms with Crippen LogP contribution in [0.2, 0.25) is 10.0 Å². The molecular weight excluding hydrogens is 325 g/mol. The number of hydrogen-bond acceptors (Lipinski definition) is 4. The van der Waals surface area contributed by atoms with E-state index in [0.717, 1.165) is 4.90 Å². The molecule has 104 valence electrons. The number of alkyl halides is 1. The molecule has 0 aliphatic carbocycles. The van der Waals surface area contributed by atoms with Gasteiger partial charge in [-0.3, -0.25) is 9.59 Å². The van der Waals surface area contributed by atoms with Crippen LogP contribution in [0.4, 0.5) is 5.69 Å². The van der Waals surface area contributed by atoms with E-state index in [0.29, 0.717) is 10.7 Å². The first-order valence-electron chi connectivity index (χ1n) is 5.81. The Morgan fingerprint density at radius 1 is 1.25 bits per heavy atom. The minimum Gasteiger partial charge on any atom is -0.274 e. The maximum atomic E-state index is 12.5. The van der Waals surface area contributed by atoms with Gasteiger partial charge in [-0.15, -0.1) is 0 Å². The van der Waals surface area contributed by atoms with Crippen LogP contribution in [0.5, 0.6) is 0 Å². The zero-order valence-electron chi connectivity index (χ0n) is 10.0. The summed E-state index contributed by atoms with van der Waals surface area (Å²) in [4.78, 5) is 25.7. The number of amides is 2. The molecule has 0 radical (unpaired) electrons. The lowest BCUT2D eigenvalue weighted by molar-refractivity contribution is -0.122. The van der Waals surface area contributed by atoms with Gasteiger partial charge in [-0.05, 0) is 18.2 Å². The van der Waals surface area contributed by atoms with E-state index in [2.05, 4.69) is 10.2 Å². The maximum absolute atomic E-state index is 12.5. The molecule has 1 aromatic rings. The summed E-state index contributed by atoms with van der Waals surface area (Å²) in [7, 11) is 0. The van der Waals surface area contributed by atoms with Crippen LogP contribution in [0, 0.1) is 0 Å². The van der Waals surface area contributed by atoms with E-state index in [1.165, 1.54) is 12.1 Å². The number of imide groups is 1. The smallest absolute Gasteiger partial charge is 0.264 e. The van der Waals surface area contributed by atoms with Crippen LogP contribution in [-0.4, -0.2) is 22.9 Å². The summed E-state index contributed by atoms with van der Waals surface area (Å²) >= 11 is 17.6. The zero-order valence-corrected chi connectivity index (χ0v) is 12.3. The summed E-state index contributed by atoms with van der Waals surface area (Å²) in [5.41, 5.74) is -1.35. The van der Waals surface area contributed by atoms with Crippen molar-refractivity contribution in [2.45, 2.75) is 23.9 Å². The second kappa shape index (κ2) is 4.69. The van der Waals surface area contributed by atoms with Gasteiger partial charge in [0.05, 0.1) is 22.2 Å². The average Bonchev–Trinajstić information content (AvgIpc) is 2.86. The fraction of sp³-hybridized carbons (Fsp3) is 0.333. The molecule has 2 amide bonds. The fourth-order valence-corrected chi connectivity index (χ4v) is 2.97. The monoisotopic (exact) mass is 331 g/mol. The molecule has 8 heteroatoms. The highest BCUT2D eigenvalue weighted by atomic mass is 35.5. The lowest BCUT2D eigenvalue weighted by Crippen LogP contribution is -2.38. The minimum atomic E-state index is -1.16. The van der Waals surface area contributed by atoms with E-state index >= 15 is 0 Å². The van der Waals surface area contributed by atoms with E-state index in [1.807, 2.05) is 0 Å². The Bertz CT molecular complexity index is 649. The van der Waals surface area contributed by atoms with Gasteiger partial charge >= 0.3 is 0 Å². The number of carbonyl (C=O) groups excluding carboxylic acids is 2. The zero-order chi connectivity index (χ0) is 14.5. The Labute approximate surface area is 129 Å². The predicted molar refractivity (Wildman–Crippen MR) is 75.4 cm³/mol. The Hall–Kier alpha value is -1.17. The molecule has 2 unspecified atom stereocenters. The van der Waals surface area contributed by atoms with Crippen LogP contribution in [0.1, 0.15) is 12.8 Å². The molecule has 20 heavy (non-hydrogen) atoms. The van der Waals surface area contributed by atoms with Crippen LogP contribution < -0.4 is 4.90 Å². The van der Waals surface area contributed by atoms with E-state index in [4.69, 9.17) is 34.8 Å². The van der Waals surface area contributed by atoms with Crippen molar-refractivity contribution in [2.24, 2.45) is 10.2 Å². The summed E-state index contributed by atoms with van der Waals surface area (Å²) in [6.07, 6.45) is 0.204. The second-order valence-corrected chi connectivity index (χ2v) is 6.01. The fourth-order valence-electron chi connectivity index (χ4n) is 2.38. The molecular formula is C12H8Cl3N3O2. The predicted octanol–water partition coefficient (Wildman–Crippen LogP) is 3.42. The summed E-state index contributed by atoms with van der Waals surface area (Å²) < 4.78 is 0. The van der Waals surface area contributed by atoms with Crippen LogP contribution in [0.3, 0.4) is 0 Å². The van der Waals surface area contributed by atoms with Crippen LogP contribution in [-0.2, 0) is 9.59 Å². The first-order valence-corrected chi connectivity index (χ1v) is 7.01. The Morgan fingerprint density at radius 2 is 2.00 bits per heavy atom. The van der Waals surface area contributed by atoms with Gasteiger partial charge in [-0.2, -0.15) is 10.2 Å². The number of benzene rings is 1. The number of nitrogens with zero attached hydrogens (tertiary/aromatic N) is 3. The highest BCUT2D eigenvalue weighted by Crippen LogP contribution is 2.41. The van der Waals surface area contributed by atoms with Gasteiger partial charge in [0.25, 0.3) is 5.91 Å². The largest absolute Gasteiger partial charge is 0.274 e. The Balaban J connectivity index is 1.99. The molecule has 2 heterocycles. The molecule has 1 fully saturated rings. The molecule has 2 aliphatic rings. The van der Waals surface area contributed by atoms with E-state index in [9.17, 15) is 9.59 Å². The molecule has 0 aromatic heterocycles. The van der Waals surface area contributed by atoms with Crippen molar-refractivity contribution in [1.29, 1.82) is 0 Å². The van der Waals surface area contributed by atoms with Crippen molar-refractivity contribution in [3.8, 4) is 0 Å². The van der Waals surface area contributed by atoms with Gasteiger partial charge in [-0.25, -0.2) is 4.90 Å². The van der Waals surface area contributed by atoms with Crippen molar-refractivity contribution < 1.29 is 9.59 Å². The SMILES string of the molecule is O=C1CC2(CC(Cl)N=N2)C(=O)N1c1ccc(Cl)c(Cl)c1. The van der Waals surface area contributed by atoms with Crippen molar-refractivity contribution >= 4 is 52.3 Å². The highest BCUT2D eigenvalue weighted by Gasteiger charge is 2.56. The standard InChI is InChI=1S/C12H8Cl3N3O2/c13-7-2-1-6(3-8(7)14)18-10(19)5-12(11(18)20)4-9(15)16-17-12/h1-3,9H,4-5H2. The van der Waals surface area contributed by atoms with Gasteiger partial charge in [0.2, 0.25) is 5.91 Å². The molecule has 1 aromatic carbocycles. The van der Waals surface area contributed by atoms with Crippen molar-refractivity contribution in [1.82, 2.24) is 0 Å². The van der Waals surface area contributed by atoms with E-state index < -0.39 is 16.9 Å². The molecule has 0 bridgehead atoms. The number of carbonyl (C=O) groups is 2. The number of halogens is 3. The van der Waals surface area contributed by atoms with Gasteiger partial charge in [0.1, 0.15) is 5.50 Å². The minimum absolute atomic E-state index is 0.0290.